The predicted molar refractivity (Wildman–Crippen MR) is 111 cm³/mol. The van der Waals surface area contributed by atoms with Crippen LogP contribution in [-0.2, 0) is 24.1 Å². The fourth-order valence-electron chi connectivity index (χ4n) is 3.49. The smallest absolute Gasteiger partial charge is 0.237 e. The number of amides is 1. The lowest BCUT2D eigenvalue weighted by Crippen LogP contribution is -2.48. The van der Waals surface area contributed by atoms with Crippen molar-refractivity contribution in [3.05, 3.63) is 53.1 Å². The number of benzene rings is 2. The van der Waals surface area contributed by atoms with Crippen LogP contribution in [0.2, 0.25) is 0 Å². The van der Waals surface area contributed by atoms with Gasteiger partial charge in [0, 0.05) is 6.04 Å². The van der Waals surface area contributed by atoms with Crippen LogP contribution in [-0.4, -0.2) is 37.3 Å². The number of hydrogen-bond acceptors (Lipinski definition) is 5. The number of nitrogens with two attached hydrogens (primary N) is 1. The van der Waals surface area contributed by atoms with Gasteiger partial charge in [0.25, 0.3) is 0 Å². The average Bonchev–Trinajstić information content (AvgIpc) is 2.68. The molecular weight excluding hydrogens is 380 g/mol. The van der Waals surface area contributed by atoms with Crippen LogP contribution in [0.15, 0.2) is 36.4 Å². The van der Waals surface area contributed by atoms with E-state index in [-0.39, 0.29) is 30.1 Å². The van der Waals surface area contributed by atoms with Crippen LogP contribution in [0.25, 0.3) is 0 Å². The number of fused-ring (bicyclic) bond motifs is 1. The summed E-state index contributed by atoms with van der Waals surface area (Å²) >= 11 is 0. The first-order chi connectivity index (χ1) is 13.0. The number of rotatable bonds is 6. The highest BCUT2D eigenvalue weighted by Gasteiger charge is 2.24. The Labute approximate surface area is 171 Å². The van der Waals surface area contributed by atoms with Crippen LogP contribution in [0.3, 0.4) is 0 Å². The van der Waals surface area contributed by atoms with Crippen molar-refractivity contribution in [3.8, 4) is 17.2 Å². The molecule has 2 aromatic carbocycles. The van der Waals surface area contributed by atoms with E-state index in [0.717, 1.165) is 36.1 Å². The Kier molecular flexibility index (Phi) is 7.54. The lowest BCUT2D eigenvalue weighted by atomic mass is 9.87. The number of carbonyl (C=O) groups excluding carboxylic acids is 1. The van der Waals surface area contributed by atoms with Crippen molar-refractivity contribution < 1.29 is 19.4 Å². The molecule has 1 aliphatic carbocycles. The molecule has 0 aromatic heterocycles. The number of methoxy groups -OCH3 is 2. The highest BCUT2D eigenvalue weighted by molar-refractivity contribution is 5.85. The summed E-state index contributed by atoms with van der Waals surface area (Å²) < 4.78 is 10.7. The van der Waals surface area contributed by atoms with Crippen LogP contribution in [0.5, 0.6) is 17.2 Å². The van der Waals surface area contributed by atoms with Crippen LogP contribution in [0.4, 0.5) is 0 Å². The number of ether oxygens (including phenoxy) is 2. The minimum absolute atomic E-state index is 0. The lowest BCUT2D eigenvalue weighted by molar-refractivity contribution is -0.123. The second kappa shape index (κ2) is 9.66. The molecule has 0 fully saturated rings. The first-order valence-electron chi connectivity index (χ1n) is 9.07. The van der Waals surface area contributed by atoms with E-state index in [1.54, 1.807) is 38.5 Å². The molecule has 0 bridgehead atoms. The van der Waals surface area contributed by atoms with E-state index >= 15 is 0 Å². The Bertz CT molecular complexity index is 811. The SMILES string of the molecule is COc1cc2c(cc1OC)C[C@@H](NC(=O)C(N)Cc1ccc(O)cc1)CC2.Cl. The van der Waals surface area contributed by atoms with E-state index in [4.69, 9.17) is 15.2 Å². The molecule has 0 radical (unpaired) electrons. The maximum Gasteiger partial charge on any atom is 0.237 e. The zero-order valence-corrected chi connectivity index (χ0v) is 16.9. The fraction of sp³-hybridized carbons (Fsp3) is 0.381. The van der Waals surface area contributed by atoms with Gasteiger partial charge in [-0.1, -0.05) is 12.1 Å². The number of phenolic OH excluding ortho intramolecular Hbond substituents is 1. The minimum Gasteiger partial charge on any atom is -0.508 e. The van der Waals surface area contributed by atoms with Crippen LogP contribution in [0, 0.1) is 0 Å². The molecule has 1 aliphatic rings. The largest absolute Gasteiger partial charge is 0.508 e. The molecule has 1 unspecified atom stereocenters. The molecule has 0 spiro atoms. The number of aryl methyl sites for hydroxylation is 1. The second-order valence-corrected chi connectivity index (χ2v) is 6.90. The maximum absolute atomic E-state index is 12.5. The first-order valence-corrected chi connectivity index (χ1v) is 9.07. The molecular formula is C21H27ClN2O4. The van der Waals surface area contributed by atoms with Gasteiger partial charge >= 0.3 is 0 Å². The second-order valence-electron chi connectivity index (χ2n) is 6.90. The Balaban J connectivity index is 0.00000280. The summed E-state index contributed by atoms with van der Waals surface area (Å²) in [6.45, 7) is 0. The summed E-state index contributed by atoms with van der Waals surface area (Å²) in [6.07, 6.45) is 2.90. The van der Waals surface area contributed by atoms with Crippen molar-refractivity contribution in [3.63, 3.8) is 0 Å². The van der Waals surface area contributed by atoms with Crippen molar-refractivity contribution in [1.29, 1.82) is 0 Å². The van der Waals surface area contributed by atoms with E-state index < -0.39 is 6.04 Å². The molecule has 2 aromatic rings. The van der Waals surface area contributed by atoms with E-state index in [2.05, 4.69) is 5.32 Å². The molecule has 28 heavy (non-hydrogen) atoms. The lowest BCUT2D eigenvalue weighted by Gasteiger charge is -2.27. The first kappa shape index (κ1) is 21.9. The highest BCUT2D eigenvalue weighted by Crippen LogP contribution is 2.34. The van der Waals surface area contributed by atoms with Gasteiger partial charge in [-0.15, -0.1) is 12.4 Å². The van der Waals surface area contributed by atoms with Gasteiger partial charge in [0.15, 0.2) is 11.5 Å². The molecule has 0 aliphatic heterocycles. The molecule has 2 atom stereocenters. The normalized spacial score (nSPS) is 16.3. The van der Waals surface area contributed by atoms with Crippen LogP contribution in [0.1, 0.15) is 23.1 Å². The zero-order chi connectivity index (χ0) is 19.4. The third-order valence-corrected chi connectivity index (χ3v) is 5.01. The molecule has 3 rings (SSSR count). The summed E-state index contributed by atoms with van der Waals surface area (Å²) in [6, 6.07) is 10.2. The number of phenols is 1. The van der Waals surface area contributed by atoms with Gasteiger partial charge in [-0.2, -0.15) is 0 Å². The third-order valence-electron chi connectivity index (χ3n) is 5.01. The van der Waals surface area contributed by atoms with Crippen LogP contribution < -0.4 is 20.5 Å². The number of hydrogen-bond donors (Lipinski definition) is 3. The summed E-state index contributed by atoms with van der Waals surface area (Å²) in [4.78, 5) is 12.5. The summed E-state index contributed by atoms with van der Waals surface area (Å²) in [5.41, 5.74) is 9.38. The quantitative estimate of drug-likeness (QED) is 0.684. The van der Waals surface area contributed by atoms with Crippen LogP contribution >= 0.6 is 12.4 Å². The number of halogens is 1. The summed E-state index contributed by atoms with van der Waals surface area (Å²) in [5.74, 6) is 1.48. The van der Waals surface area contributed by atoms with E-state index in [1.165, 1.54) is 5.56 Å². The molecule has 0 heterocycles. The highest BCUT2D eigenvalue weighted by atomic mass is 35.5. The molecule has 1 amide bonds. The van der Waals surface area contributed by atoms with Crippen molar-refractivity contribution in [2.75, 3.05) is 14.2 Å². The molecule has 0 saturated carbocycles. The van der Waals surface area contributed by atoms with Crippen molar-refractivity contribution in [2.24, 2.45) is 5.73 Å². The summed E-state index contributed by atoms with van der Waals surface area (Å²) in [7, 11) is 3.25. The Morgan fingerprint density at radius 2 is 1.79 bits per heavy atom. The Morgan fingerprint density at radius 3 is 2.39 bits per heavy atom. The standard InChI is InChI=1S/C21H26N2O4.ClH/c1-26-19-11-14-5-6-16(10-15(14)12-20(19)27-2)23-21(25)18(22)9-13-3-7-17(24)8-4-13;/h3-4,7-8,11-12,16,18,24H,5-6,9-10,22H2,1-2H3,(H,23,25);1H/t16-,18?;/m0./s1. The van der Waals surface area contributed by atoms with Gasteiger partial charge < -0.3 is 25.6 Å². The van der Waals surface area contributed by atoms with E-state index in [0.29, 0.717) is 12.2 Å². The maximum atomic E-state index is 12.5. The fourth-order valence-corrected chi connectivity index (χ4v) is 3.49. The molecule has 7 heteroatoms. The predicted octanol–water partition coefficient (Wildman–Crippen LogP) is 2.37. The monoisotopic (exact) mass is 406 g/mol. The topological polar surface area (TPSA) is 93.8 Å². The minimum atomic E-state index is -0.624. The zero-order valence-electron chi connectivity index (χ0n) is 16.1. The van der Waals surface area contributed by atoms with Crippen molar-refractivity contribution in [2.45, 2.75) is 37.8 Å². The van der Waals surface area contributed by atoms with E-state index in [1.807, 2.05) is 12.1 Å². The van der Waals surface area contributed by atoms with Gasteiger partial charge in [-0.3, -0.25) is 4.79 Å². The summed E-state index contributed by atoms with van der Waals surface area (Å²) in [5, 5.41) is 12.4. The molecule has 6 nitrogen and oxygen atoms in total. The van der Waals surface area contributed by atoms with Gasteiger partial charge in [0.1, 0.15) is 5.75 Å². The molecule has 152 valence electrons. The van der Waals surface area contributed by atoms with Crippen molar-refractivity contribution in [1.82, 2.24) is 5.32 Å². The number of aromatic hydroxyl groups is 1. The Morgan fingerprint density at radius 1 is 1.18 bits per heavy atom. The molecule has 4 N–H and O–H groups in total. The van der Waals surface area contributed by atoms with Gasteiger partial charge in [-0.25, -0.2) is 0 Å². The number of carbonyl (C=O) groups is 1. The average molecular weight is 407 g/mol. The van der Waals surface area contributed by atoms with E-state index in [9.17, 15) is 9.90 Å². The van der Waals surface area contributed by atoms with Gasteiger partial charge in [-0.05, 0) is 66.6 Å². The Hall–Kier alpha value is -2.44. The third kappa shape index (κ3) is 5.09. The number of nitrogens with one attached hydrogen (secondary N) is 1. The van der Waals surface area contributed by atoms with Crippen molar-refractivity contribution >= 4 is 18.3 Å². The molecule has 0 saturated heterocycles. The van der Waals surface area contributed by atoms with Gasteiger partial charge in [0.2, 0.25) is 5.91 Å². The van der Waals surface area contributed by atoms with Gasteiger partial charge in [0.05, 0.1) is 20.3 Å².